The summed E-state index contributed by atoms with van der Waals surface area (Å²) < 4.78 is 24.8. The maximum Gasteiger partial charge on any atom is 0.341 e. The minimum atomic E-state index is -0.559. The van der Waals surface area contributed by atoms with Crippen LogP contribution in [-0.2, 0) is 14.2 Å². The van der Waals surface area contributed by atoms with E-state index in [-0.39, 0.29) is 30.6 Å². The summed E-state index contributed by atoms with van der Waals surface area (Å²) in [6.45, 7) is 0.0170. The Labute approximate surface area is 111 Å². The van der Waals surface area contributed by atoms with Crippen molar-refractivity contribution in [1.82, 2.24) is 0 Å². The summed E-state index contributed by atoms with van der Waals surface area (Å²) in [6, 6.07) is 2.90. The third-order valence-corrected chi connectivity index (χ3v) is 2.18. The van der Waals surface area contributed by atoms with Crippen molar-refractivity contribution in [3.63, 3.8) is 0 Å². The zero-order valence-electron chi connectivity index (χ0n) is 11.1. The quantitative estimate of drug-likeness (QED) is 0.450. The fourth-order valence-corrected chi connectivity index (χ4v) is 1.34. The van der Waals surface area contributed by atoms with E-state index >= 15 is 0 Å². The first-order chi connectivity index (χ1) is 9.13. The molecule has 0 unspecified atom stereocenters. The summed E-state index contributed by atoms with van der Waals surface area (Å²) in [6.07, 6.45) is 0. The lowest BCUT2D eigenvalue weighted by atomic mass is 10.1. The number of anilines is 1. The summed E-state index contributed by atoms with van der Waals surface area (Å²) in [5.41, 5.74) is 6.25. The first kappa shape index (κ1) is 15.1. The number of benzene rings is 1. The second-order valence-electron chi connectivity index (χ2n) is 3.48. The van der Waals surface area contributed by atoms with Crippen LogP contribution in [0.1, 0.15) is 10.4 Å². The Bertz CT molecular complexity index is 434. The standard InChI is InChI=1S/C12H17NO6/c1-15-6-18-10-5-11(19-7-16-2)9(13)4-8(10)12(14)17-3/h4-5H,6-7,13H2,1-3H3. The number of methoxy groups -OCH3 is 3. The molecule has 0 amide bonds. The highest BCUT2D eigenvalue weighted by molar-refractivity contribution is 5.94. The van der Waals surface area contributed by atoms with Crippen LogP contribution < -0.4 is 15.2 Å². The summed E-state index contributed by atoms with van der Waals surface area (Å²) in [7, 11) is 4.23. The van der Waals surface area contributed by atoms with Crippen LogP contribution in [0.4, 0.5) is 5.69 Å². The first-order valence-corrected chi connectivity index (χ1v) is 5.39. The second kappa shape index (κ2) is 7.45. The molecule has 0 aromatic heterocycles. The Hall–Kier alpha value is -1.99. The molecule has 0 saturated carbocycles. The van der Waals surface area contributed by atoms with E-state index in [1.165, 1.54) is 33.5 Å². The lowest BCUT2D eigenvalue weighted by molar-refractivity contribution is 0.0437. The highest BCUT2D eigenvalue weighted by Crippen LogP contribution is 2.31. The van der Waals surface area contributed by atoms with Gasteiger partial charge in [0.25, 0.3) is 0 Å². The normalized spacial score (nSPS) is 10.1. The molecule has 19 heavy (non-hydrogen) atoms. The van der Waals surface area contributed by atoms with Gasteiger partial charge in [-0.1, -0.05) is 0 Å². The van der Waals surface area contributed by atoms with Crippen LogP contribution in [-0.4, -0.2) is 40.9 Å². The molecule has 0 bridgehead atoms. The van der Waals surface area contributed by atoms with Crippen LogP contribution in [0.3, 0.4) is 0 Å². The number of nitrogens with two attached hydrogens (primary N) is 1. The van der Waals surface area contributed by atoms with E-state index in [9.17, 15) is 4.79 Å². The molecular formula is C12H17NO6. The first-order valence-electron chi connectivity index (χ1n) is 5.39. The van der Waals surface area contributed by atoms with Gasteiger partial charge in [0, 0.05) is 20.3 Å². The van der Waals surface area contributed by atoms with E-state index in [0.29, 0.717) is 5.75 Å². The van der Waals surface area contributed by atoms with Gasteiger partial charge >= 0.3 is 5.97 Å². The average Bonchev–Trinajstić information content (AvgIpc) is 2.43. The van der Waals surface area contributed by atoms with Gasteiger partial charge in [-0.15, -0.1) is 0 Å². The molecular weight excluding hydrogens is 254 g/mol. The van der Waals surface area contributed by atoms with Gasteiger partial charge in [-0.05, 0) is 6.07 Å². The molecule has 1 rings (SSSR count). The maximum atomic E-state index is 11.6. The lowest BCUT2D eigenvalue weighted by Gasteiger charge is -2.14. The number of carbonyl (C=O) groups is 1. The number of esters is 1. The number of carbonyl (C=O) groups excluding carboxylic acids is 1. The third kappa shape index (κ3) is 4.01. The highest BCUT2D eigenvalue weighted by Gasteiger charge is 2.17. The molecule has 1 aromatic carbocycles. The smallest absolute Gasteiger partial charge is 0.341 e. The van der Waals surface area contributed by atoms with Crippen LogP contribution in [0.15, 0.2) is 12.1 Å². The van der Waals surface area contributed by atoms with Crippen molar-refractivity contribution < 1.29 is 28.5 Å². The van der Waals surface area contributed by atoms with Gasteiger partial charge in [0.15, 0.2) is 13.6 Å². The largest absolute Gasteiger partial charge is 0.467 e. The van der Waals surface area contributed by atoms with Crippen molar-refractivity contribution in [3.8, 4) is 11.5 Å². The van der Waals surface area contributed by atoms with Crippen molar-refractivity contribution in [3.05, 3.63) is 17.7 Å². The zero-order valence-corrected chi connectivity index (χ0v) is 11.1. The highest BCUT2D eigenvalue weighted by atomic mass is 16.7. The summed E-state index contributed by atoms with van der Waals surface area (Å²) >= 11 is 0. The van der Waals surface area contributed by atoms with E-state index in [1.807, 2.05) is 0 Å². The van der Waals surface area contributed by atoms with E-state index < -0.39 is 5.97 Å². The number of hydrogen-bond donors (Lipinski definition) is 1. The number of rotatable bonds is 7. The molecule has 0 heterocycles. The molecule has 0 saturated heterocycles. The predicted octanol–water partition coefficient (Wildman–Crippen LogP) is 1.02. The molecule has 1 aromatic rings. The fraction of sp³-hybridized carbons (Fsp3) is 0.417. The van der Waals surface area contributed by atoms with Gasteiger partial charge < -0.3 is 29.4 Å². The monoisotopic (exact) mass is 271 g/mol. The molecule has 0 aliphatic rings. The fourth-order valence-electron chi connectivity index (χ4n) is 1.34. The van der Waals surface area contributed by atoms with Gasteiger partial charge in [-0.2, -0.15) is 0 Å². The maximum absolute atomic E-state index is 11.6. The topological polar surface area (TPSA) is 89.2 Å². The van der Waals surface area contributed by atoms with Crippen molar-refractivity contribution in [2.24, 2.45) is 0 Å². The minimum absolute atomic E-state index is 0.0162. The van der Waals surface area contributed by atoms with Crippen molar-refractivity contribution in [2.45, 2.75) is 0 Å². The minimum Gasteiger partial charge on any atom is -0.467 e. The van der Waals surface area contributed by atoms with Gasteiger partial charge in [0.1, 0.15) is 17.1 Å². The molecule has 2 N–H and O–H groups in total. The van der Waals surface area contributed by atoms with Gasteiger partial charge in [0.2, 0.25) is 0 Å². The van der Waals surface area contributed by atoms with E-state index in [4.69, 9.17) is 24.7 Å². The van der Waals surface area contributed by atoms with Crippen LogP contribution >= 0.6 is 0 Å². The summed E-state index contributed by atoms with van der Waals surface area (Å²) in [4.78, 5) is 11.6. The van der Waals surface area contributed by atoms with Crippen LogP contribution in [0.2, 0.25) is 0 Å². The molecule has 106 valence electrons. The Morgan fingerprint density at radius 2 is 1.63 bits per heavy atom. The van der Waals surface area contributed by atoms with Crippen molar-refractivity contribution >= 4 is 11.7 Å². The Morgan fingerprint density at radius 3 is 2.16 bits per heavy atom. The molecule has 7 nitrogen and oxygen atoms in total. The van der Waals surface area contributed by atoms with Gasteiger partial charge in [0.05, 0.1) is 12.8 Å². The van der Waals surface area contributed by atoms with Crippen molar-refractivity contribution in [2.75, 3.05) is 40.6 Å². The Morgan fingerprint density at radius 1 is 1.05 bits per heavy atom. The van der Waals surface area contributed by atoms with Crippen molar-refractivity contribution in [1.29, 1.82) is 0 Å². The summed E-state index contributed by atoms with van der Waals surface area (Å²) in [5, 5.41) is 0. The molecule has 0 aliphatic carbocycles. The predicted molar refractivity (Wildman–Crippen MR) is 67.2 cm³/mol. The third-order valence-electron chi connectivity index (χ3n) is 2.18. The number of hydrogen-bond acceptors (Lipinski definition) is 7. The van der Waals surface area contributed by atoms with Gasteiger partial charge in [-0.3, -0.25) is 0 Å². The number of nitrogen functional groups attached to an aromatic ring is 1. The van der Waals surface area contributed by atoms with Gasteiger partial charge in [-0.25, -0.2) is 4.79 Å². The van der Waals surface area contributed by atoms with E-state index in [2.05, 4.69) is 4.74 Å². The molecule has 0 atom stereocenters. The number of ether oxygens (including phenoxy) is 5. The molecule has 0 fully saturated rings. The zero-order chi connectivity index (χ0) is 14.3. The second-order valence-corrected chi connectivity index (χ2v) is 3.48. The molecule has 0 spiro atoms. The Balaban J connectivity index is 3.08. The SMILES string of the molecule is COCOc1cc(OCOC)c(C(=O)OC)cc1N. The molecule has 0 radical (unpaired) electrons. The van der Waals surface area contributed by atoms with Crippen LogP contribution in [0, 0.1) is 0 Å². The lowest BCUT2D eigenvalue weighted by Crippen LogP contribution is -2.10. The van der Waals surface area contributed by atoms with Crippen LogP contribution in [0.25, 0.3) is 0 Å². The van der Waals surface area contributed by atoms with Crippen LogP contribution in [0.5, 0.6) is 11.5 Å². The molecule has 7 heteroatoms. The van der Waals surface area contributed by atoms with E-state index in [0.717, 1.165) is 0 Å². The summed E-state index contributed by atoms with van der Waals surface area (Å²) in [5.74, 6) is 0.0469. The molecule has 0 aliphatic heterocycles. The average molecular weight is 271 g/mol. The Kier molecular flexibility index (Phi) is 5.91. The van der Waals surface area contributed by atoms with E-state index in [1.54, 1.807) is 0 Å².